The zero-order chi connectivity index (χ0) is 16.9. The lowest BCUT2D eigenvalue weighted by molar-refractivity contribution is -0.142. The predicted molar refractivity (Wildman–Crippen MR) is 90.5 cm³/mol. The van der Waals surface area contributed by atoms with Gasteiger partial charge in [-0.25, -0.2) is 0 Å². The van der Waals surface area contributed by atoms with Crippen LogP contribution in [0.2, 0.25) is 0 Å². The second kappa shape index (κ2) is 7.66. The fourth-order valence-corrected chi connectivity index (χ4v) is 2.78. The Morgan fingerprint density at radius 1 is 1.23 bits per heavy atom. The molecule has 1 aromatic rings. The second-order valence-electron chi connectivity index (χ2n) is 7.29. The Morgan fingerprint density at radius 3 is 2.36 bits per heavy atom. The van der Waals surface area contributed by atoms with Crippen LogP contribution in [0, 0.1) is 12.8 Å². The first kappa shape index (κ1) is 18.5. The molecule has 3 heteroatoms. The molecule has 0 saturated heterocycles. The van der Waals surface area contributed by atoms with Gasteiger partial charge in [-0.2, -0.15) is 0 Å². The van der Waals surface area contributed by atoms with Crippen molar-refractivity contribution in [1.82, 2.24) is 0 Å². The molecule has 0 fully saturated rings. The third kappa shape index (κ3) is 5.04. The normalized spacial score (nSPS) is 13.1. The number of unbranched alkanes of at least 4 members (excludes halogenated alkanes) is 2. The smallest absolute Gasteiger partial charge is 0.306 e. The minimum atomic E-state index is -0.723. The van der Waals surface area contributed by atoms with Gasteiger partial charge in [-0.15, -0.1) is 0 Å². The molecule has 0 spiro atoms. The number of hydrogen-bond acceptors (Lipinski definition) is 2. The molecule has 0 saturated carbocycles. The molecular formula is C19H30O3. The summed E-state index contributed by atoms with van der Waals surface area (Å²) < 4.78 is 0. The van der Waals surface area contributed by atoms with Crippen LogP contribution in [0.3, 0.4) is 0 Å². The molecule has 0 aliphatic rings. The first-order valence-electron chi connectivity index (χ1n) is 8.22. The van der Waals surface area contributed by atoms with E-state index in [1.165, 1.54) is 0 Å². The van der Waals surface area contributed by atoms with Crippen molar-refractivity contribution < 1.29 is 15.0 Å². The molecule has 0 aromatic heterocycles. The lowest BCUT2D eigenvalue weighted by Crippen LogP contribution is -2.18. The summed E-state index contributed by atoms with van der Waals surface area (Å²) in [7, 11) is 0. The summed E-state index contributed by atoms with van der Waals surface area (Å²) in [6.45, 7) is 10.2. The second-order valence-corrected chi connectivity index (χ2v) is 7.29. The van der Waals surface area contributed by atoms with Gasteiger partial charge in [0.25, 0.3) is 0 Å². The van der Waals surface area contributed by atoms with E-state index in [0.29, 0.717) is 18.6 Å². The van der Waals surface area contributed by atoms with Crippen LogP contribution in [0.4, 0.5) is 0 Å². The van der Waals surface area contributed by atoms with Crippen molar-refractivity contribution in [3.05, 3.63) is 28.8 Å². The summed E-state index contributed by atoms with van der Waals surface area (Å²) >= 11 is 0. The number of rotatable bonds is 7. The summed E-state index contributed by atoms with van der Waals surface area (Å²) in [6, 6.07) is 3.89. The fraction of sp³-hybridized carbons (Fsp3) is 0.632. The first-order chi connectivity index (χ1) is 10.2. The van der Waals surface area contributed by atoms with Crippen LogP contribution in [0.1, 0.15) is 70.1 Å². The average molecular weight is 306 g/mol. The summed E-state index contributed by atoms with van der Waals surface area (Å²) in [6.07, 6.45) is 4.37. The molecule has 2 N–H and O–H groups in total. The molecule has 0 heterocycles. The number of carboxylic acids is 1. The highest BCUT2D eigenvalue weighted by Gasteiger charge is 2.23. The van der Waals surface area contributed by atoms with Gasteiger partial charge >= 0.3 is 5.97 Å². The maximum absolute atomic E-state index is 11.5. The Morgan fingerprint density at radius 2 is 1.86 bits per heavy atom. The standard InChI is InChI=1S/C19H30O3/c1-6-7-8-9-15(18(21)22)11-14-10-13(2)17(20)16(12-14)19(3,4)5/h10,12,15,20H,6-9,11H2,1-5H3,(H,21,22). The Bertz CT molecular complexity index is 512. The van der Waals surface area contributed by atoms with Crippen molar-refractivity contribution >= 4 is 5.97 Å². The van der Waals surface area contributed by atoms with E-state index < -0.39 is 5.97 Å². The van der Waals surface area contributed by atoms with E-state index in [1.807, 2.05) is 19.1 Å². The quantitative estimate of drug-likeness (QED) is 0.710. The van der Waals surface area contributed by atoms with Crippen LogP contribution < -0.4 is 0 Å². The van der Waals surface area contributed by atoms with Crippen molar-refractivity contribution in [1.29, 1.82) is 0 Å². The van der Waals surface area contributed by atoms with Gasteiger partial charge in [0.1, 0.15) is 5.75 Å². The molecule has 0 amide bonds. The summed E-state index contributed by atoms with van der Waals surface area (Å²) in [5.74, 6) is -0.739. The van der Waals surface area contributed by atoms with E-state index in [1.54, 1.807) is 0 Å². The van der Waals surface area contributed by atoms with Crippen LogP contribution in [-0.2, 0) is 16.6 Å². The molecule has 3 nitrogen and oxygen atoms in total. The molecule has 22 heavy (non-hydrogen) atoms. The molecule has 0 radical (unpaired) electrons. The lowest BCUT2D eigenvalue weighted by atomic mass is 9.82. The van der Waals surface area contributed by atoms with Gasteiger partial charge in [0.2, 0.25) is 0 Å². The van der Waals surface area contributed by atoms with Crippen molar-refractivity contribution in [2.75, 3.05) is 0 Å². The SMILES string of the molecule is CCCCCC(Cc1cc(C)c(O)c(C(C)(C)C)c1)C(=O)O. The molecule has 1 aromatic carbocycles. The molecular weight excluding hydrogens is 276 g/mol. The van der Waals surface area contributed by atoms with E-state index in [4.69, 9.17) is 0 Å². The summed E-state index contributed by atoms with van der Waals surface area (Å²) in [5.41, 5.74) is 2.55. The minimum absolute atomic E-state index is 0.161. The molecule has 1 rings (SSSR count). The number of hydrogen-bond donors (Lipinski definition) is 2. The summed E-state index contributed by atoms with van der Waals surface area (Å²) in [4.78, 5) is 11.5. The van der Waals surface area contributed by atoms with Gasteiger partial charge in [0.15, 0.2) is 0 Å². The monoisotopic (exact) mass is 306 g/mol. The number of carbonyl (C=O) groups is 1. The maximum atomic E-state index is 11.5. The van der Waals surface area contributed by atoms with Gasteiger partial charge in [0.05, 0.1) is 5.92 Å². The number of carboxylic acid groups (broad SMARTS) is 1. The van der Waals surface area contributed by atoms with Gasteiger partial charge in [-0.05, 0) is 41.9 Å². The Labute approximate surface area is 134 Å². The van der Waals surface area contributed by atoms with Crippen LogP contribution in [0.5, 0.6) is 5.75 Å². The van der Waals surface area contributed by atoms with Gasteiger partial charge in [0, 0.05) is 0 Å². The number of aliphatic carboxylic acids is 1. The van der Waals surface area contributed by atoms with Gasteiger partial charge in [-0.1, -0.05) is 59.1 Å². The maximum Gasteiger partial charge on any atom is 0.306 e. The van der Waals surface area contributed by atoms with Crippen LogP contribution in [0.15, 0.2) is 12.1 Å². The van der Waals surface area contributed by atoms with Crippen LogP contribution in [0.25, 0.3) is 0 Å². The van der Waals surface area contributed by atoms with Crippen LogP contribution in [-0.4, -0.2) is 16.2 Å². The van der Waals surface area contributed by atoms with Crippen molar-refractivity contribution in [2.45, 2.75) is 72.1 Å². The van der Waals surface area contributed by atoms with E-state index in [0.717, 1.165) is 36.0 Å². The minimum Gasteiger partial charge on any atom is -0.507 e. The third-order valence-corrected chi connectivity index (χ3v) is 4.16. The highest BCUT2D eigenvalue weighted by molar-refractivity contribution is 5.70. The van der Waals surface area contributed by atoms with Crippen LogP contribution >= 0.6 is 0 Å². The highest BCUT2D eigenvalue weighted by Crippen LogP contribution is 2.34. The molecule has 0 bridgehead atoms. The van der Waals surface area contributed by atoms with Crippen molar-refractivity contribution in [2.24, 2.45) is 5.92 Å². The van der Waals surface area contributed by atoms with Crippen molar-refractivity contribution in [3.63, 3.8) is 0 Å². The zero-order valence-electron chi connectivity index (χ0n) is 14.6. The first-order valence-corrected chi connectivity index (χ1v) is 8.22. The van der Waals surface area contributed by atoms with Gasteiger partial charge < -0.3 is 10.2 Å². The zero-order valence-corrected chi connectivity index (χ0v) is 14.6. The molecule has 1 atom stereocenters. The number of phenols is 1. The fourth-order valence-electron chi connectivity index (χ4n) is 2.78. The lowest BCUT2D eigenvalue weighted by Gasteiger charge is -2.23. The highest BCUT2D eigenvalue weighted by atomic mass is 16.4. The Hall–Kier alpha value is -1.51. The third-order valence-electron chi connectivity index (χ3n) is 4.16. The van der Waals surface area contributed by atoms with Gasteiger partial charge in [-0.3, -0.25) is 4.79 Å². The molecule has 0 aliphatic carbocycles. The number of phenolic OH excluding ortho intramolecular Hbond substituents is 1. The number of benzene rings is 1. The predicted octanol–water partition coefficient (Wildman–Crippen LogP) is 4.82. The van der Waals surface area contributed by atoms with E-state index >= 15 is 0 Å². The Kier molecular flexibility index (Phi) is 6.46. The molecule has 1 unspecified atom stereocenters. The number of aryl methyl sites for hydroxylation is 1. The van der Waals surface area contributed by atoms with E-state index in [-0.39, 0.29) is 11.3 Å². The molecule has 0 aliphatic heterocycles. The molecule has 124 valence electrons. The summed E-state index contributed by atoms with van der Waals surface area (Å²) in [5, 5.41) is 19.7. The average Bonchev–Trinajstić information content (AvgIpc) is 2.40. The largest absolute Gasteiger partial charge is 0.507 e. The Balaban J connectivity index is 3.00. The van der Waals surface area contributed by atoms with E-state index in [9.17, 15) is 15.0 Å². The van der Waals surface area contributed by atoms with Crippen molar-refractivity contribution in [3.8, 4) is 5.75 Å². The number of aromatic hydroxyl groups is 1. The van der Waals surface area contributed by atoms with E-state index in [2.05, 4.69) is 27.7 Å². The topological polar surface area (TPSA) is 57.5 Å².